The van der Waals surface area contributed by atoms with Crippen molar-refractivity contribution in [1.29, 1.82) is 0 Å². The van der Waals surface area contributed by atoms with E-state index in [1.54, 1.807) is 0 Å². The zero-order valence-electron chi connectivity index (χ0n) is 12.8. The molecule has 0 aliphatic rings. The third kappa shape index (κ3) is 3.77. The van der Waals surface area contributed by atoms with Crippen LogP contribution < -0.4 is 10.1 Å². The van der Waals surface area contributed by atoms with E-state index in [-0.39, 0.29) is 0 Å². The van der Waals surface area contributed by atoms with E-state index in [0.717, 1.165) is 18.0 Å². The Hall–Kier alpha value is -1.96. The molecule has 106 valence electrons. The van der Waals surface area contributed by atoms with Crippen LogP contribution in [0.25, 0.3) is 0 Å². The minimum absolute atomic E-state index is 0.664. The molecule has 2 rings (SSSR count). The van der Waals surface area contributed by atoms with Gasteiger partial charge in [0.05, 0.1) is 0 Å². The molecule has 0 saturated carbocycles. The summed E-state index contributed by atoms with van der Waals surface area (Å²) in [5.41, 5.74) is 6.19. The van der Waals surface area contributed by atoms with Crippen LogP contribution in [-0.2, 0) is 0 Å². The molecule has 0 heterocycles. The maximum atomic E-state index is 5.83. The number of rotatable bonds is 5. The van der Waals surface area contributed by atoms with Gasteiger partial charge < -0.3 is 10.1 Å². The van der Waals surface area contributed by atoms with E-state index in [4.69, 9.17) is 4.74 Å². The minimum atomic E-state index is 0.664. The Labute approximate surface area is 121 Å². The van der Waals surface area contributed by atoms with E-state index < -0.39 is 0 Å². The van der Waals surface area contributed by atoms with E-state index in [9.17, 15) is 0 Å². The molecule has 0 unspecified atom stereocenters. The molecule has 20 heavy (non-hydrogen) atoms. The molecule has 0 aromatic heterocycles. The van der Waals surface area contributed by atoms with Crippen molar-refractivity contribution in [2.75, 3.05) is 18.5 Å². The molecule has 0 fully saturated rings. The summed E-state index contributed by atoms with van der Waals surface area (Å²) in [6.45, 7) is 9.88. The van der Waals surface area contributed by atoms with Crippen molar-refractivity contribution in [2.45, 2.75) is 27.7 Å². The van der Waals surface area contributed by atoms with Gasteiger partial charge >= 0.3 is 0 Å². The molecular formula is C18H23NO. The lowest BCUT2D eigenvalue weighted by Crippen LogP contribution is -2.12. The monoisotopic (exact) mass is 269 g/mol. The van der Waals surface area contributed by atoms with Gasteiger partial charge in [0.1, 0.15) is 12.4 Å². The predicted molar refractivity (Wildman–Crippen MR) is 85.8 cm³/mol. The van der Waals surface area contributed by atoms with Gasteiger partial charge in [-0.3, -0.25) is 0 Å². The van der Waals surface area contributed by atoms with Crippen molar-refractivity contribution < 1.29 is 4.74 Å². The van der Waals surface area contributed by atoms with Crippen LogP contribution in [0.3, 0.4) is 0 Å². The number of benzene rings is 2. The molecule has 2 heteroatoms. The molecule has 0 amide bonds. The fourth-order valence-corrected chi connectivity index (χ4v) is 2.07. The minimum Gasteiger partial charge on any atom is -0.491 e. The van der Waals surface area contributed by atoms with Gasteiger partial charge in [0.25, 0.3) is 0 Å². The molecule has 2 nitrogen and oxygen atoms in total. The van der Waals surface area contributed by atoms with E-state index in [1.807, 2.05) is 0 Å². The molecule has 0 spiro atoms. The van der Waals surface area contributed by atoms with Crippen LogP contribution in [0.5, 0.6) is 5.75 Å². The van der Waals surface area contributed by atoms with E-state index >= 15 is 0 Å². The Morgan fingerprint density at radius 2 is 1.60 bits per heavy atom. The first kappa shape index (κ1) is 14.4. The number of anilines is 1. The molecule has 0 aliphatic heterocycles. The second-order valence-corrected chi connectivity index (χ2v) is 5.34. The third-order valence-electron chi connectivity index (χ3n) is 3.54. The molecule has 0 aliphatic carbocycles. The average Bonchev–Trinajstić information content (AvgIpc) is 2.42. The number of hydrogen-bond donors (Lipinski definition) is 1. The second kappa shape index (κ2) is 6.47. The van der Waals surface area contributed by atoms with E-state index in [1.165, 1.54) is 22.3 Å². The zero-order valence-corrected chi connectivity index (χ0v) is 12.8. The van der Waals surface area contributed by atoms with Gasteiger partial charge in [0, 0.05) is 12.2 Å². The van der Waals surface area contributed by atoms with Gasteiger partial charge in [-0.15, -0.1) is 0 Å². The fourth-order valence-electron chi connectivity index (χ4n) is 2.07. The van der Waals surface area contributed by atoms with Gasteiger partial charge in [0.2, 0.25) is 0 Å². The van der Waals surface area contributed by atoms with Crippen LogP contribution in [-0.4, -0.2) is 13.2 Å². The van der Waals surface area contributed by atoms with Gasteiger partial charge in [0.15, 0.2) is 0 Å². The average molecular weight is 269 g/mol. The lowest BCUT2D eigenvalue weighted by atomic mass is 10.1. The van der Waals surface area contributed by atoms with Crippen LogP contribution in [0.4, 0.5) is 5.69 Å². The summed E-state index contributed by atoms with van der Waals surface area (Å²) < 4.78 is 5.83. The van der Waals surface area contributed by atoms with E-state index in [0.29, 0.717) is 6.61 Å². The number of ether oxygens (including phenoxy) is 1. The summed E-state index contributed by atoms with van der Waals surface area (Å²) in [6.07, 6.45) is 0. The zero-order chi connectivity index (χ0) is 14.5. The highest BCUT2D eigenvalue weighted by Crippen LogP contribution is 2.19. The lowest BCUT2D eigenvalue weighted by Gasteiger charge is -2.12. The fraction of sp³-hybridized carbons (Fsp3) is 0.333. The molecule has 1 N–H and O–H groups in total. The SMILES string of the molecule is Cc1ccc(C)c(OCCNc2ccc(C)c(C)c2)c1. The van der Waals surface area contributed by atoms with Crippen molar-refractivity contribution in [3.8, 4) is 5.75 Å². The number of nitrogens with one attached hydrogen (secondary N) is 1. The van der Waals surface area contributed by atoms with Crippen molar-refractivity contribution in [3.05, 3.63) is 58.7 Å². The van der Waals surface area contributed by atoms with Gasteiger partial charge in [-0.1, -0.05) is 18.2 Å². The predicted octanol–water partition coefficient (Wildman–Crippen LogP) is 4.41. The third-order valence-corrected chi connectivity index (χ3v) is 3.54. The van der Waals surface area contributed by atoms with Crippen molar-refractivity contribution >= 4 is 5.69 Å². The normalized spacial score (nSPS) is 10.4. The maximum absolute atomic E-state index is 5.83. The number of hydrogen-bond acceptors (Lipinski definition) is 2. The first-order chi connectivity index (χ1) is 9.56. The van der Waals surface area contributed by atoms with Crippen molar-refractivity contribution in [1.82, 2.24) is 0 Å². The van der Waals surface area contributed by atoms with Crippen LogP contribution in [0.15, 0.2) is 36.4 Å². The van der Waals surface area contributed by atoms with Crippen LogP contribution in [0, 0.1) is 27.7 Å². The smallest absolute Gasteiger partial charge is 0.122 e. The van der Waals surface area contributed by atoms with Crippen molar-refractivity contribution in [2.24, 2.45) is 0 Å². The topological polar surface area (TPSA) is 21.3 Å². The van der Waals surface area contributed by atoms with Crippen LogP contribution >= 0.6 is 0 Å². The Bertz CT molecular complexity index is 590. The van der Waals surface area contributed by atoms with Gasteiger partial charge in [-0.05, 0) is 68.1 Å². The molecule has 2 aromatic carbocycles. The lowest BCUT2D eigenvalue weighted by molar-refractivity contribution is 0.330. The summed E-state index contributed by atoms with van der Waals surface area (Å²) in [4.78, 5) is 0. The molecule has 2 aromatic rings. The standard InChI is InChI=1S/C18H23NO/c1-13-5-6-15(3)18(11-13)20-10-9-19-17-8-7-14(2)16(4)12-17/h5-8,11-12,19H,9-10H2,1-4H3. The van der Waals surface area contributed by atoms with Crippen LogP contribution in [0.1, 0.15) is 22.3 Å². The first-order valence-electron chi connectivity index (χ1n) is 7.07. The number of aryl methyl sites for hydroxylation is 4. The maximum Gasteiger partial charge on any atom is 0.122 e. The van der Waals surface area contributed by atoms with Gasteiger partial charge in [-0.25, -0.2) is 0 Å². The summed E-state index contributed by atoms with van der Waals surface area (Å²) in [6, 6.07) is 12.7. The molecule has 0 bridgehead atoms. The quantitative estimate of drug-likeness (QED) is 0.812. The highest BCUT2D eigenvalue weighted by molar-refractivity contribution is 5.48. The van der Waals surface area contributed by atoms with Crippen molar-refractivity contribution in [3.63, 3.8) is 0 Å². The Balaban J connectivity index is 1.84. The van der Waals surface area contributed by atoms with E-state index in [2.05, 4.69) is 69.4 Å². The summed E-state index contributed by atoms with van der Waals surface area (Å²) >= 11 is 0. The largest absolute Gasteiger partial charge is 0.491 e. The first-order valence-corrected chi connectivity index (χ1v) is 7.07. The molecule has 0 radical (unpaired) electrons. The highest BCUT2D eigenvalue weighted by atomic mass is 16.5. The molecule has 0 saturated heterocycles. The molecule has 0 atom stereocenters. The summed E-state index contributed by atoms with van der Waals surface area (Å²) in [5.74, 6) is 0.979. The van der Waals surface area contributed by atoms with Gasteiger partial charge in [-0.2, -0.15) is 0 Å². The second-order valence-electron chi connectivity index (χ2n) is 5.34. The van der Waals surface area contributed by atoms with Crippen LogP contribution in [0.2, 0.25) is 0 Å². The Kier molecular flexibility index (Phi) is 4.67. The highest BCUT2D eigenvalue weighted by Gasteiger charge is 2.00. The molecular weight excluding hydrogens is 246 g/mol. The Morgan fingerprint density at radius 3 is 2.35 bits per heavy atom. The summed E-state index contributed by atoms with van der Waals surface area (Å²) in [7, 11) is 0. The Morgan fingerprint density at radius 1 is 0.850 bits per heavy atom. The summed E-state index contributed by atoms with van der Waals surface area (Å²) in [5, 5.41) is 3.39.